The van der Waals surface area contributed by atoms with Crippen LogP contribution in [0.3, 0.4) is 0 Å². The Kier molecular flexibility index (Phi) is 2.75. The summed E-state index contributed by atoms with van der Waals surface area (Å²) < 4.78 is 1.34. The van der Waals surface area contributed by atoms with E-state index in [2.05, 4.69) is 20.4 Å². The van der Waals surface area contributed by atoms with Crippen molar-refractivity contribution in [2.45, 2.75) is 13.5 Å². The number of aromatic nitrogens is 4. The number of anilines is 1. The molecule has 6 heteroatoms. The van der Waals surface area contributed by atoms with Gasteiger partial charge in [-0.3, -0.25) is 9.89 Å². The quantitative estimate of drug-likeness (QED) is 0.740. The van der Waals surface area contributed by atoms with Gasteiger partial charge in [-0.2, -0.15) is 9.50 Å². The van der Waals surface area contributed by atoms with Crippen LogP contribution >= 0.6 is 0 Å². The van der Waals surface area contributed by atoms with Crippen LogP contribution in [0.5, 0.6) is 0 Å². The van der Waals surface area contributed by atoms with Crippen molar-refractivity contribution in [3.05, 3.63) is 58.3 Å². The number of nitrogens with zero attached hydrogens (tertiary/aromatic N) is 3. The van der Waals surface area contributed by atoms with E-state index in [0.29, 0.717) is 23.8 Å². The number of rotatable bonds is 3. The molecule has 0 amide bonds. The Labute approximate surface area is 109 Å². The molecule has 0 fully saturated rings. The lowest BCUT2D eigenvalue weighted by atomic mass is 10.3. The molecule has 2 aromatic heterocycles. The topological polar surface area (TPSA) is 75.1 Å². The molecule has 0 spiro atoms. The Hall–Kier alpha value is -2.63. The van der Waals surface area contributed by atoms with Crippen molar-refractivity contribution in [2.24, 2.45) is 0 Å². The number of aromatic amines is 1. The van der Waals surface area contributed by atoms with Crippen LogP contribution in [0.4, 0.5) is 5.69 Å². The normalized spacial score (nSPS) is 10.8. The van der Waals surface area contributed by atoms with E-state index >= 15 is 0 Å². The zero-order chi connectivity index (χ0) is 13.2. The molecule has 1 aromatic carbocycles. The lowest BCUT2D eigenvalue weighted by Gasteiger charge is -2.02. The van der Waals surface area contributed by atoms with Crippen LogP contribution in [0.25, 0.3) is 5.78 Å². The molecule has 0 aliphatic rings. The predicted octanol–water partition coefficient (Wildman–Crippen LogP) is 1.34. The average Bonchev–Trinajstić information content (AvgIpc) is 2.81. The lowest BCUT2D eigenvalue weighted by Crippen LogP contribution is -2.14. The van der Waals surface area contributed by atoms with Crippen molar-refractivity contribution >= 4 is 11.5 Å². The maximum atomic E-state index is 11.7. The summed E-state index contributed by atoms with van der Waals surface area (Å²) in [4.78, 5) is 20.2. The van der Waals surface area contributed by atoms with Crippen LogP contribution < -0.4 is 10.9 Å². The van der Waals surface area contributed by atoms with Gasteiger partial charge in [-0.1, -0.05) is 18.2 Å². The van der Waals surface area contributed by atoms with Gasteiger partial charge in [-0.05, 0) is 19.1 Å². The second-order valence-corrected chi connectivity index (χ2v) is 4.26. The average molecular weight is 255 g/mol. The van der Waals surface area contributed by atoms with E-state index in [9.17, 15) is 4.79 Å². The number of fused-ring (bicyclic) bond motifs is 1. The molecular formula is C13H13N5O. The first-order chi connectivity index (χ1) is 9.22. The number of H-pyrrole nitrogens is 1. The second kappa shape index (κ2) is 4.56. The standard InChI is InChI=1S/C13H13N5O/c1-9-7-12(19)18-13(15-9)16-11(17-18)8-14-10-5-3-2-4-6-10/h2-7,14H,8H2,1H3,(H,15,16,17). The van der Waals surface area contributed by atoms with Crippen LogP contribution in [0.1, 0.15) is 11.5 Å². The highest BCUT2D eigenvalue weighted by molar-refractivity contribution is 5.42. The van der Waals surface area contributed by atoms with Gasteiger partial charge in [0.05, 0.1) is 6.54 Å². The van der Waals surface area contributed by atoms with Crippen molar-refractivity contribution in [1.82, 2.24) is 19.6 Å². The fraction of sp³-hybridized carbons (Fsp3) is 0.154. The first-order valence-corrected chi connectivity index (χ1v) is 5.96. The van der Waals surface area contributed by atoms with Crippen molar-refractivity contribution < 1.29 is 0 Å². The molecule has 6 nitrogen and oxygen atoms in total. The zero-order valence-corrected chi connectivity index (χ0v) is 10.4. The molecule has 19 heavy (non-hydrogen) atoms. The van der Waals surface area contributed by atoms with Gasteiger partial charge >= 0.3 is 0 Å². The summed E-state index contributed by atoms with van der Waals surface area (Å²) in [5.41, 5.74) is 1.51. The van der Waals surface area contributed by atoms with Crippen LogP contribution in [0.15, 0.2) is 41.2 Å². The summed E-state index contributed by atoms with van der Waals surface area (Å²) >= 11 is 0. The molecule has 0 unspecified atom stereocenters. The van der Waals surface area contributed by atoms with E-state index in [-0.39, 0.29) is 5.56 Å². The number of aryl methyl sites for hydroxylation is 1. The summed E-state index contributed by atoms with van der Waals surface area (Å²) in [6, 6.07) is 11.3. The summed E-state index contributed by atoms with van der Waals surface area (Å²) in [5.74, 6) is 1.06. The Morgan fingerprint density at radius 1 is 1.26 bits per heavy atom. The second-order valence-electron chi connectivity index (χ2n) is 4.26. The van der Waals surface area contributed by atoms with Gasteiger partial charge < -0.3 is 5.32 Å². The number of hydrogen-bond acceptors (Lipinski definition) is 4. The van der Waals surface area contributed by atoms with Crippen molar-refractivity contribution in [3.8, 4) is 0 Å². The molecule has 0 aliphatic heterocycles. The van der Waals surface area contributed by atoms with Crippen LogP contribution in [0, 0.1) is 6.92 Å². The van der Waals surface area contributed by atoms with Crippen LogP contribution in [0.2, 0.25) is 0 Å². The molecule has 3 aromatic rings. The third-order valence-corrected chi connectivity index (χ3v) is 2.74. The minimum Gasteiger partial charge on any atom is -0.378 e. The highest BCUT2D eigenvalue weighted by Gasteiger charge is 2.05. The fourth-order valence-corrected chi connectivity index (χ4v) is 1.86. The molecule has 96 valence electrons. The molecule has 0 saturated carbocycles. The molecular weight excluding hydrogens is 242 g/mol. The van der Waals surface area contributed by atoms with Gasteiger partial charge in [-0.15, -0.1) is 0 Å². The van der Waals surface area contributed by atoms with Crippen molar-refractivity contribution in [3.63, 3.8) is 0 Å². The minimum atomic E-state index is -0.152. The van der Waals surface area contributed by atoms with Gasteiger partial charge in [-0.25, -0.2) is 4.98 Å². The van der Waals surface area contributed by atoms with Crippen molar-refractivity contribution in [2.75, 3.05) is 5.32 Å². The largest absolute Gasteiger partial charge is 0.378 e. The van der Waals surface area contributed by atoms with E-state index in [1.54, 1.807) is 6.92 Å². The first kappa shape index (κ1) is 11.5. The maximum Gasteiger partial charge on any atom is 0.274 e. The highest BCUT2D eigenvalue weighted by atomic mass is 16.1. The van der Waals surface area contributed by atoms with Gasteiger partial charge in [0, 0.05) is 17.4 Å². The number of hydrogen-bond donors (Lipinski definition) is 2. The maximum absolute atomic E-state index is 11.7. The SMILES string of the molecule is Cc1cc(=O)n2[nH]c(CNc3ccccc3)nc2n1. The summed E-state index contributed by atoms with van der Waals surface area (Å²) in [7, 11) is 0. The molecule has 0 bridgehead atoms. The van der Waals surface area contributed by atoms with E-state index in [4.69, 9.17) is 0 Å². The highest BCUT2D eigenvalue weighted by Crippen LogP contribution is 2.06. The molecule has 2 N–H and O–H groups in total. The van der Waals surface area contributed by atoms with Gasteiger partial charge in [0.25, 0.3) is 11.3 Å². The van der Waals surface area contributed by atoms with Crippen LogP contribution in [-0.4, -0.2) is 19.6 Å². The van der Waals surface area contributed by atoms with Gasteiger partial charge in [0.2, 0.25) is 0 Å². The molecule has 2 heterocycles. The van der Waals surface area contributed by atoms with Crippen molar-refractivity contribution in [1.29, 1.82) is 0 Å². The summed E-state index contributed by atoms with van der Waals surface area (Å²) in [6.45, 7) is 2.28. The number of benzene rings is 1. The fourth-order valence-electron chi connectivity index (χ4n) is 1.86. The molecule has 0 aliphatic carbocycles. The van der Waals surface area contributed by atoms with E-state index in [1.807, 2.05) is 30.3 Å². The first-order valence-electron chi connectivity index (χ1n) is 5.96. The zero-order valence-electron chi connectivity index (χ0n) is 10.4. The van der Waals surface area contributed by atoms with Gasteiger partial charge in [0.1, 0.15) is 5.82 Å². The van der Waals surface area contributed by atoms with E-state index in [0.717, 1.165) is 5.69 Å². The summed E-state index contributed by atoms with van der Waals surface area (Å²) in [6.07, 6.45) is 0. The predicted molar refractivity (Wildman–Crippen MR) is 72.1 cm³/mol. The van der Waals surface area contributed by atoms with Crippen LogP contribution in [-0.2, 0) is 6.54 Å². The molecule has 0 radical (unpaired) electrons. The Balaban J connectivity index is 1.86. The molecule has 3 rings (SSSR count). The smallest absolute Gasteiger partial charge is 0.274 e. The summed E-state index contributed by atoms with van der Waals surface area (Å²) in [5, 5.41) is 6.15. The van der Waals surface area contributed by atoms with E-state index < -0.39 is 0 Å². The lowest BCUT2D eigenvalue weighted by molar-refractivity contribution is 0.852. The Morgan fingerprint density at radius 3 is 2.84 bits per heavy atom. The number of nitrogens with one attached hydrogen (secondary N) is 2. The molecule has 0 atom stereocenters. The Bertz CT molecular complexity index is 760. The molecule has 0 saturated heterocycles. The van der Waals surface area contributed by atoms with E-state index in [1.165, 1.54) is 10.6 Å². The Morgan fingerprint density at radius 2 is 2.05 bits per heavy atom. The third kappa shape index (κ3) is 2.33. The monoisotopic (exact) mass is 255 g/mol. The minimum absolute atomic E-state index is 0.152. The third-order valence-electron chi connectivity index (χ3n) is 2.74. The van der Waals surface area contributed by atoms with Gasteiger partial charge in [0.15, 0.2) is 0 Å². The number of para-hydroxylation sites is 1.